The van der Waals surface area contributed by atoms with E-state index in [1.165, 1.54) is 17.0 Å². The summed E-state index contributed by atoms with van der Waals surface area (Å²) in [6, 6.07) is 4.26. The van der Waals surface area contributed by atoms with Crippen LogP contribution in [0.3, 0.4) is 0 Å². The maximum atomic E-state index is 12.9. The SMILES string of the molecule is Nc1cc(F)ccc1N1CCN(C(=O)O)CC1. The van der Waals surface area contributed by atoms with Gasteiger partial charge in [-0.15, -0.1) is 0 Å². The zero-order valence-electron chi connectivity index (χ0n) is 9.27. The lowest BCUT2D eigenvalue weighted by atomic mass is 10.2. The lowest BCUT2D eigenvalue weighted by Crippen LogP contribution is -2.48. The highest BCUT2D eigenvalue weighted by Crippen LogP contribution is 2.24. The molecule has 0 aliphatic carbocycles. The number of amides is 1. The molecule has 0 atom stereocenters. The van der Waals surface area contributed by atoms with E-state index in [0.717, 1.165) is 5.69 Å². The van der Waals surface area contributed by atoms with Crippen molar-refractivity contribution in [3.05, 3.63) is 24.0 Å². The van der Waals surface area contributed by atoms with Crippen LogP contribution < -0.4 is 10.6 Å². The summed E-state index contributed by atoms with van der Waals surface area (Å²) < 4.78 is 12.9. The fourth-order valence-corrected chi connectivity index (χ4v) is 1.95. The Morgan fingerprint density at radius 1 is 1.29 bits per heavy atom. The molecule has 1 fully saturated rings. The first-order chi connectivity index (χ1) is 8.08. The van der Waals surface area contributed by atoms with Gasteiger partial charge in [-0.25, -0.2) is 9.18 Å². The monoisotopic (exact) mass is 239 g/mol. The Kier molecular flexibility index (Phi) is 3.03. The summed E-state index contributed by atoms with van der Waals surface area (Å²) in [5, 5.41) is 8.82. The van der Waals surface area contributed by atoms with Crippen molar-refractivity contribution in [1.82, 2.24) is 4.90 Å². The topological polar surface area (TPSA) is 69.8 Å². The van der Waals surface area contributed by atoms with Crippen LogP contribution in [0.1, 0.15) is 0 Å². The standard InChI is InChI=1S/C11H14FN3O2/c12-8-1-2-10(9(13)7-8)14-3-5-15(6-4-14)11(16)17/h1-2,7H,3-6,13H2,(H,16,17). The van der Waals surface area contributed by atoms with Crippen LogP contribution in [-0.4, -0.2) is 42.3 Å². The Labute approximate surface area is 98.2 Å². The zero-order chi connectivity index (χ0) is 12.4. The van der Waals surface area contributed by atoms with E-state index in [1.54, 1.807) is 6.07 Å². The van der Waals surface area contributed by atoms with Crippen LogP contribution in [0, 0.1) is 5.82 Å². The van der Waals surface area contributed by atoms with Crippen LogP contribution >= 0.6 is 0 Å². The first-order valence-corrected chi connectivity index (χ1v) is 5.36. The van der Waals surface area contributed by atoms with E-state index >= 15 is 0 Å². The van der Waals surface area contributed by atoms with Crippen LogP contribution in [-0.2, 0) is 0 Å². The number of nitrogens with zero attached hydrogens (tertiary/aromatic N) is 2. The van der Waals surface area contributed by atoms with Gasteiger partial charge < -0.3 is 20.6 Å². The first-order valence-electron chi connectivity index (χ1n) is 5.36. The van der Waals surface area contributed by atoms with E-state index < -0.39 is 6.09 Å². The second-order valence-corrected chi connectivity index (χ2v) is 3.96. The summed E-state index contributed by atoms with van der Waals surface area (Å²) >= 11 is 0. The molecule has 1 aromatic carbocycles. The molecule has 3 N–H and O–H groups in total. The summed E-state index contributed by atoms with van der Waals surface area (Å²) in [4.78, 5) is 14.1. The summed E-state index contributed by atoms with van der Waals surface area (Å²) in [6.07, 6.45) is -0.906. The zero-order valence-corrected chi connectivity index (χ0v) is 9.27. The normalized spacial score (nSPS) is 16.1. The average molecular weight is 239 g/mol. The second kappa shape index (κ2) is 4.48. The van der Waals surface area contributed by atoms with Gasteiger partial charge >= 0.3 is 6.09 Å². The molecule has 1 aromatic rings. The Balaban J connectivity index is 2.08. The molecule has 0 aromatic heterocycles. The molecule has 5 nitrogen and oxygen atoms in total. The summed E-state index contributed by atoms with van der Waals surface area (Å²) in [5.41, 5.74) is 6.88. The lowest BCUT2D eigenvalue weighted by molar-refractivity contribution is 0.142. The van der Waals surface area contributed by atoms with Crippen molar-refractivity contribution in [2.45, 2.75) is 0 Å². The summed E-state index contributed by atoms with van der Waals surface area (Å²) in [5.74, 6) is -0.365. The molecule has 1 amide bonds. The molecular weight excluding hydrogens is 225 g/mol. The third kappa shape index (κ3) is 2.41. The minimum Gasteiger partial charge on any atom is -0.465 e. The van der Waals surface area contributed by atoms with Gasteiger partial charge in [0.1, 0.15) is 5.82 Å². The third-order valence-corrected chi connectivity index (χ3v) is 2.88. The summed E-state index contributed by atoms with van der Waals surface area (Å²) in [6.45, 7) is 2.02. The number of rotatable bonds is 1. The van der Waals surface area contributed by atoms with Crippen molar-refractivity contribution in [3.63, 3.8) is 0 Å². The first kappa shape index (κ1) is 11.5. The maximum Gasteiger partial charge on any atom is 0.407 e. The minimum atomic E-state index is -0.906. The number of carboxylic acid groups (broad SMARTS) is 1. The lowest BCUT2D eigenvalue weighted by Gasteiger charge is -2.35. The van der Waals surface area contributed by atoms with E-state index in [-0.39, 0.29) is 5.82 Å². The van der Waals surface area contributed by atoms with Crippen molar-refractivity contribution in [1.29, 1.82) is 0 Å². The molecule has 1 aliphatic rings. The van der Waals surface area contributed by atoms with Gasteiger partial charge in [0.25, 0.3) is 0 Å². The Hall–Kier alpha value is -1.98. The van der Waals surface area contributed by atoms with Crippen molar-refractivity contribution < 1.29 is 14.3 Å². The van der Waals surface area contributed by atoms with Crippen molar-refractivity contribution in [2.24, 2.45) is 0 Å². The Morgan fingerprint density at radius 3 is 2.47 bits per heavy atom. The fraction of sp³-hybridized carbons (Fsp3) is 0.364. The number of piperazine rings is 1. The number of nitrogen functional groups attached to an aromatic ring is 1. The van der Waals surface area contributed by atoms with Crippen molar-refractivity contribution in [2.75, 3.05) is 36.8 Å². The third-order valence-electron chi connectivity index (χ3n) is 2.88. The predicted octanol–water partition coefficient (Wildman–Crippen LogP) is 1.21. The Bertz CT molecular complexity index is 431. The van der Waals surface area contributed by atoms with E-state index in [4.69, 9.17) is 10.8 Å². The number of nitrogens with two attached hydrogens (primary N) is 1. The molecule has 92 valence electrons. The molecular formula is C11H14FN3O2. The highest BCUT2D eigenvalue weighted by Gasteiger charge is 2.21. The van der Waals surface area contributed by atoms with E-state index in [9.17, 15) is 9.18 Å². The van der Waals surface area contributed by atoms with Crippen LogP contribution in [0.4, 0.5) is 20.6 Å². The molecule has 0 saturated carbocycles. The van der Waals surface area contributed by atoms with E-state index in [0.29, 0.717) is 31.9 Å². The van der Waals surface area contributed by atoms with Gasteiger partial charge in [0.2, 0.25) is 0 Å². The van der Waals surface area contributed by atoms with Gasteiger partial charge in [0, 0.05) is 26.2 Å². The molecule has 1 heterocycles. The van der Waals surface area contributed by atoms with Gasteiger partial charge in [-0.1, -0.05) is 0 Å². The van der Waals surface area contributed by atoms with Crippen LogP contribution in [0.5, 0.6) is 0 Å². The number of anilines is 2. The van der Waals surface area contributed by atoms with Gasteiger partial charge in [-0.2, -0.15) is 0 Å². The number of hydrogen-bond acceptors (Lipinski definition) is 3. The van der Waals surface area contributed by atoms with Gasteiger partial charge in [-0.05, 0) is 18.2 Å². The Morgan fingerprint density at radius 2 is 1.94 bits per heavy atom. The quantitative estimate of drug-likeness (QED) is 0.723. The average Bonchev–Trinajstić information content (AvgIpc) is 2.29. The van der Waals surface area contributed by atoms with Crippen LogP contribution in [0.2, 0.25) is 0 Å². The molecule has 0 bridgehead atoms. The maximum absolute atomic E-state index is 12.9. The van der Waals surface area contributed by atoms with Crippen molar-refractivity contribution in [3.8, 4) is 0 Å². The highest BCUT2D eigenvalue weighted by molar-refractivity contribution is 5.69. The van der Waals surface area contributed by atoms with Crippen molar-refractivity contribution >= 4 is 17.5 Å². The number of carbonyl (C=O) groups is 1. The van der Waals surface area contributed by atoms with Crippen LogP contribution in [0.15, 0.2) is 18.2 Å². The highest BCUT2D eigenvalue weighted by atomic mass is 19.1. The van der Waals surface area contributed by atoms with Gasteiger partial charge in [-0.3, -0.25) is 0 Å². The summed E-state index contributed by atoms with van der Waals surface area (Å²) in [7, 11) is 0. The largest absolute Gasteiger partial charge is 0.465 e. The second-order valence-electron chi connectivity index (χ2n) is 3.96. The fourth-order valence-electron chi connectivity index (χ4n) is 1.95. The molecule has 1 saturated heterocycles. The molecule has 0 unspecified atom stereocenters. The smallest absolute Gasteiger partial charge is 0.407 e. The number of hydrogen-bond donors (Lipinski definition) is 2. The van der Waals surface area contributed by atoms with E-state index in [1.807, 2.05) is 4.90 Å². The molecule has 0 spiro atoms. The molecule has 17 heavy (non-hydrogen) atoms. The predicted molar refractivity (Wildman–Crippen MR) is 62.6 cm³/mol. The van der Waals surface area contributed by atoms with Gasteiger partial charge in [0.15, 0.2) is 0 Å². The minimum absolute atomic E-state index is 0.365. The molecule has 0 radical (unpaired) electrons. The molecule has 2 rings (SSSR count). The molecule has 6 heteroatoms. The number of halogens is 1. The van der Waals surface area contributed by atoms with E-state index in [2.05, 4.69) is 0 Å². The van der Waals surface area contributed by atoms with Gasteiger partial charge in [0.05, 0.1) is 11.4 Å². The molecule has 1 aliphatic heterocycles. The van der Waals surface area contributed by atoms with Crippen LogP contribution in [0.25, 0.3) is 0 Å². The number of benzene rings is 1.